The van der Waals surface area contributed by atoms with E-state index in [2.05, 4.69) is 35.4 Å². The van der Waals surface area contributed by atoms with E-state index >= 15 is 0 Å². The molecule has 2 aliphatic rings. The summed E-state index contributed by atoms with van der Waals surface area (Å²) < 4.78 is 6.11. The van der Waals surface area contributed by atoms with Gasteiger partial charge in [-0.1, -0.05) is 18.2 Å². The van der Waals surface area contributed by atoms with Crippen LogP contribution in [0.25, 0.3) is 0 Å². The van der Waals surface area contributed by atoms with Crippen molar-refractivity contribution in [3.8, 4) is 5.75 Å². The fourth-order valence-corrected chi connectivity index (χ4v) is 4.08. The van der Waals surface area contributed by atoms with Crippen LogP contribution in [0.2, 0.25) is 0 Å². The number of rotatable bonds is 4. The molecule has 1 aromatic carbocycles. The number of piperidine rings is 1. The van der Waals surface area contributed by atoms with Gasteiger partial charge in [0.2, 0.25) is 0 Å². The van der Waals surface area contributed by atoms with Gasteiger partial charge in [-0.25, -0.2) is 0 Å². The van der Waals surface area contributed by atoms with Gasteiger partial charge >= 0.3 is 0 Å². The van der Waals surface area contributed by atoms with Crippen LogP contribution in [-0.2, 0) is 0 Å². The Morgan fingerprint density at radius 3 is 2.80 bits per heavy atom. The summed E-state index contributed by atoms with van der Waals surface area (Å²) in [6.07, 6.45) is 4.61. The second kappa shape index (κ2) is 5.96. The molecule has 2 aliphatic heterocycles. The summed E-state index contributed by atoms with van der Waals surface area (Å²) in [7, 11) is 0. The predicted octanol–water partition coefficient (Wildman–Crippen LogP) is 2.32. The lowest BCUT2D eigenvalue weighted by Crippen LogP contribution is -2.47. The molecule has 0 bridgehead atoms. The van der Waals surface area contributed by atoms with E-state index in [1.54, 1.807) is 0 Å². The topological polar surface area (TPSA) is 38.5 Å². The van der Waals surface area contributed by atoms with Crippen molar-refractivity contribution in [2.45, 2.75) is 23.5 Å². The second-order valence-corrected chi connectivity index (χ2v) is 7.21. The normalized spacial score (nSPS) is 25.2. The number of hydrogen-bond acceptors (Lipinski definition) is 4. The molecule has 2 heterocycles. The third-order valence-corrected chi connectivity index (χ3v) is 6.29. The summed E-state index contributed by atoms with van der Waals surface area (Å²) in [5, 5.41) is 0. The smallest absolute Gasteiger partial charge is 0.122 e. The minimum absolute atomic E-state index is 0.320. The first-order chi connectivity index (χ1) is 9.76. The maximum Gasteiger partial charge on any atom is 0.122 e. The maximum atomic E-state index is 5.96. The molecule has 0 radical (unpaired) electrons. The number of hydrogen-bond donors (Lipinski definition) is 1. The maximum absolute atomic E-state index is 5.96. The van der Waals surface area contributed by atoms with Crippen LogP contribution in [0.5, 0.6) is 5.75 Å². The number of benzene rings is 1. The van der Waals surface area contributed by atoms with Crippen molar-refractivity contribution >= 4 is 11.8 Å². The zero-order chi connectivity index (χ0) is 14.0. The lowest BCUT2D eigenvalue weighted by Gasteiger charge is -2.40. The third-order valence-electron chi connectivity index (χ3n) is 4.85. The summed E-state index contributed by atoms with van der Waals surface area (Å²) in [5.41, 5.74) is 7.34. The Morgan fingerprint density at radius 1 is 1.35 bits per heavy atom. The van der Waals surface area contributed by atoms with E-state index in [0.29, 0.717) is 10.7 Å². The molecule has 110 valence electrons. The molecule has 0 aliphatic carbocycles. The van der Waals surface area contributed by atoms with Crippen molar-refractivity contribution in [3.63, 3.8) is 0 Å². The fraction of sp³-hybridized carbons (Fsp3) is 0.625. The van der Waals surface area contributed by atoms with Gasteiger partial charge in [0, 0.05) is 29.3 Å². The zero-order valence-corrected chi connectivity index (χ0v) is 13.0. The summed E-state index contributed by atoms with van der Waals surface area (Å²) in [4.78, 5) is 2.58. The van der Waals surface area contributed by atoms with E-state index in [-0.39, 0.29) is 0 Å². The van der Waals surface area contributed by atoms with E-state index < -0.39 is 0 Å². The zero-order valence-electron chi connectivity index (χ0n) is 12.2. The van der Waals surface area contributed by atoms with Gasteiger partial charge in [-0.3, -0.25) is 0 Å². The summed E-state index contributed by atoms with van der Waals surface area (Å²) in [6, 6.07) is 8.46. The molecule has 0 amide bonds. The SMILES string of the molecule is CSC1(CN)CCN(CC2COc3ccccc32)CC1. The Morgan fingerprint density at radius 2 is 2.10 bits per heavy atom. The Bertz CT molecular complexity index is 452. The molecule has 0 aromatic heterocycles. The Labute approximate surface area is 125 Å². The van der Waals surface area contributed by atoms with Crippen molar-refractivity contribution in [1.82, 2.24) is 4.90 Å². The Balaban J connectivity index is 1.59. The highest BCUT2D eigenvalue weighted by molar-refractivity contribution is 8.00. The fourth-order valence-electron chi connectivity index (χ4n) is 3.33. The summed E-state index contributed by atoms with van der Waals surface area (Å²) >= 11 is 1.95. The summed E-state index contributed by atoms with van der Waals surface area (Å²) in [6.45, 7) is 5.08. The van der Waals surface area contributed by atoms with Crippen molar-refractivity contribution in [1.29, 1.82) is 0 Å². The van der Waals surface area contributed by atoms with Gasteiger partial charge in [0.25, 0.3) is 0 Å². The molecular formula is C16H24N2OS. The third kappa shape index (κ3) is 2.69. The second-order valence-electron chi connectivity index (χ2n) is 5.94. The quantitative estimate of drug-likeness (QED) is 0.924. The van der Waals surface area contributed by atoms with E-state index in [9.17, 15) is 0 Å². The van der Waals surface area contributed by atoms with Gasteiger partial charge in [0.1, 0.15) is 5.75 Å². The van der Waals surface area contributed by atoms with Crippen LogP contribution >= 0.6 is 11.8 Å². The number of ether oxygens (including phenoxy) is 1. The molecule has 1 fully saturated rings. The monoisotopic (exact) mass is 292 g/mol. The average molecular weight is 292 g/mol. The van der Waals surface area contributed by atoms with E-state index in [1.165, 1.54) is 18.4 Å². The first-order valence-corrected chi connectivity index (χ1v) is 8.68. The van der Waals surface area contributed by atoms with Crippen molar-refractivity contribution in [2.75, 3.05) is 39.0 Å². The highest BCUT2D eigenvalue weighted by Crippen LogP contribution is 2.37. The van der Waals surface area contributed by atoms with E-state index in [0.717, 1.165) is 38.5 Å². The molecule has 0 spiro atoms. The highest BCUT2D eigenvalue weighted by atomic mass is 32.2. The van der Waals surface area contributed by atoms with Gasteiger partial charge in [-0.05, 0) is 38.3 Å². The van der Waals surface area contributed by atoms with Crippen LogP contribution in [0.4, 0.5) is 0 Å². The summed E-state index contributed by atoms with van der Waals surface area (Å²) in [5.74, 6) is 1.61. The van der Waals surface area contributed by atoms with E-state index in [1.807, 2.05) is 11.8 Å². The Kier molecular flexibility index (Phi) is 4.24. The lowest BCUT2D eigenvalue weighted by atomic mass is 9.94. The highest BCUT2D eigenvalue weighted by Gasteiger charge is 2.34. The van der Waals surface area contributed by atoms with Crippen LogP contribution < -0.4 is 10.5 Å². The number of nitrogens with two attached hydrogens (primary N) is 1. The minimum Gasteiger partial charge on any atom is -0.493 e. The number of thioether (sulfide) groups is 1. The van der Waals surface area contributed by atoms with Crippen LogP contribution in [0.1, 0.15) is 24.3 Å². The van der Waals surface area contributed by atoms with Gasteiger partial charge in [-0.2, -0.15) is 11.8 Å². The molecule has 4 heteroatoms. The molecule has 1 atom stereocenters. The predicted molar refractivity (Wildman–Crippen MR) is 85.7 cm³/mol. The molecule has 20 heavy (non-hydrogen) atoms. The molecule has 1 aromatic rings. The molecule has 1 unspecified atom stereocenters. The van der Waals surface area contributed by atoms with Crippen molar-refractivity contribution in [2.24, 2.45) is 5.73 Å². The number of likely N-dealkylation sites (tertiary alicyclic amines) is 1. The van der Waals surface area contributed by atoms with Gasteiger partial charge < -0.3 is 15.4 Å². The Hall–Kier alpha value is -0.710. The molecule has 0 saturated carbocycles. The molecule has 3 rings (SSSR count). The number of fused-ring (bicyclic) bond motifs is 1. The van der Waals surface area contributed by atoms with Crippen molar-refractivity contribution < 1.29 is 4.74 Å². The largest absolute Gasteiger partial charge is 0.493 e. The van der Waals surface area contributed by atoms with Crippen LogP contribution in [0.3, 0.4) is 0 Å². The van der Waals surface area contributed by atoms with Crippen molar-refractivity contribution in [3.05, 3.63) is 29.8 Å². The number of nitrogens with zero attached hydrogens (tertiary/aromatic N) is 1. The van der Waals surface area contributed by atoms with Gasteiger partial charge in [0.15, 0.2) is 0 Å². The van der Waals surface area contributed by atoms with Gasteiger partial charge in [0.05, 0.1) is 6.61 Å². The minimum atomic E-state index is 0.320. The van der Waals surface area contributed by atoms with Crippen LogP contribution in [0.15, 0.2) is 24.3 Å². The van der Waals surface area contributed by atoms with Crippen LogP contribution in [-0.4, -0.2) is 48.7 Å². The van der Waals surface area contributed by atoms with Gasteiger partial charge in [-0.15, -0.1) is 0 Å². The molecule has 1 saturated heterocycles. The van der Waals surface area contributed by atoms with E-state index in [4.69, 9.17) is 10.5 Å². The molecule has 3 nitrogen and oxygen atoms in total. The number of para-hydroxylation sites is 1. The molecular weight excluding hydrogens is 268 g/mol. The first-order valence-electron chi connectivity index (χ1n) is 7.46. The average Bonchev–Trinajstić information content (AvgIpc) is 2.92. The first kappa shape index (κ1) is 14.2. The standard InChI is InChI=1S/C16H24N2OS/c1-20-16(12-17)6-8-18(9-7-16)10-13-11-19-15-5-3-2-4-14(13)15/h2-5,13H,6-12,17H2,1H3. The molecule has 2 N–H and O–H groups in total. The van der Waals surface area contributed by atoms with Crippen LogP contribution in [0, 0.1) is 0 Å². The lowest BCUT2D eigenvalue weighted by molar-refractivity contribution is 0.182.